The summed E-state index contributed by atoms with van der Waals surface area (Å²) in [5, 5.41) is 11.8. The molecule has 13 aromatic rings. The molecule has 0 N–H and O–H groups in total. The Kier molecular flexibility index (Phi) is 23.3. The van der Waals surface area contributed by atoms with Gasteiger partial charge in [-0.2, -0.15) is 0 Å². The minimum absolute atomic E-state index is 0.00578. The van der Waals surface area contributed by atoms with E-state index in [1.165, 1.54) is 88.7 Å². The molecule has 7 aromatic carbocycles. The molecule has 13 heterocycles. The van der Waals surface area contributed by atoms with Crippen molar-refractivity contribution >= 4 is 83.6 Å². The van der Waals surface area contributed by atoms with Gasteiger partial charge in [0.2, 0.25) is 33.5 Å². The SMILES string of the molecule is CN(C)C(=O)Oc1c2n(ccc1=O)N(C1c3ccc(F)cc3-c3ccsc3-c3ccccc31)[C@@H]1COCCN1C2=O.COC(=O)COP(=O)(OCC(=O)OC)Oc1c2n(ccc1=O)N(C1c3ccc(F)cc3-c3ccsc3-c3ccccc31)[C@@H]1COCCN1C2=O.O=C1OC(Oc2c3n(ccc2=O)N(C2c4ccc(F)cc4-c4ccsc4-c4ccccc42)[C@@H]2COCCN2C3=O)c2ccccc21. The Morgan fingerprint density at radius 3 is 1.15 bits per heavy atom. The number of phosphoric acid groups is 1. The van der Waals surface area contributed by atoms with Gasteiger partial charge in [-0.1, -0.05) is 109 Å². The van der Waals surface area contributed by atoms with Crippen LogP contribution in [0.25, 0.3) is 64.7 Å². The third-order valence-corrected chi connectivity index (χ3v) is 29.5. The number of esters is 3. The molecule has 7 atom stereocenters. The smallest absolute Gasteiger partial charge is 0.467 e. The average molecular weight is 1930 g/mol. The number of benzene rings is 7. The lowest BCUT2D eigenvalue weighted by Crippen LogP contribution is -2.66. The second kappa shape index (κ2) is 35.9. The highest BCUT2D eigenvalue weighted by molar-refractivity contribution is 7.49. The fourth-order valence-corrected chi connectivity index (χ4v) is 23.3. The summed E-state index contributed by atoms with van der Waals surface area (Å²) in [4.78, 5) is 141. The first kappa shape index (κ1) is 89.0. The van der Waals surface area contributed by atoms with Crippen LogP contribution in [-0.2, 0) is 51.6 Å². The van der Waals surface area contributed by atoms with Crippen LogP contribution < -0.4 is 45.3 Å². The van der Waals surface area contributed by atoms with Crippen molar-refractivity contribution in [3.05, 3.63) is 332 Å². The summed E-state index contributed by atoms with van der Waals surface area (Å²) in [5.74, 6) is -6.43. The maximum absolute atomic E-state index is 15.0. The number of morpholine rings is 3. The van der Waals surface area contributed by atoms with E-state index in [1.807, 2.05) is 116 Å². The molecule has 10 aliphatic rings. The maximum atomic E-state index is 15.0. The van der Waals surface area contributed by atoms with Crippen molar-refractivity contribution in [1.29, 1.82) is 0 Å². The van der Waals surface area contributed by atoms with Crippen LogP contribution in [0, 0.1) is 17.5 Å². The van der Waals surface area contributed by atoms with Gasteiger partial charge in [-0.3, -0.25) is 66.9 Å². The Labute approximate surface area is 788 Å². The fourth-order valence-electron chi connectivity index (χ4n) is 19.3. The van der Waals surface area contributed by atoms with Gasteiger partial charge in [-0.15, -0.1) is 34.0 Å². The molecule has 137 heavy (non-hydrogen) atoms. The molecule has 4 amide bonds. The van der Waals surface area contributed by atoms with Gasteiger partial charge in [0.25, 0.3) is 24.0 Å². The van der Waals surface area contributed by atoms with Crippen molar-refractivity contribution in [2.45, 2.75) is 42.9 Å². The van der Waals surface area contributed by atoms with E-state index >= 15 is 0 Å². The Morgan fingerprint density at radius 1 is 0.416 bits per heavy atom. The number of cyclic esters (lactones) is 1. The zero-order chi connectivity index (χ0) is 94.7. The molecule has 32 nitrogen and oxygen atoms in total. The van der Waals surface area contributed by atoms with Gasteiger partial charge < -0.3 is 62.0 Å². The van der Waals surface area contributed by atoms with Gasteiger partial charge in [0.15, 0.2) is 30.3 Å². The first-order valence-corrected chi connectivity index (χ1v) is 47.3. The third-order valence-electron chi connectivity index (χ3n) is 25.3. The number of rotatable bonds is 14. The molecule has 3 aliphatic carbocycles. The van der Waals surface area contributed by atoms with Gasteiger partial charge in [-0.25, -0.2) is 36.9 Å². The number of pyridine rings is 3. The van der Waals surface area contributed by atoms with Crippen LogP contribution in [0.2, 0.25) is 0 Å². The number of fused-ring (bicyclic) bond motifs is 22. The summed E-state index contributed by atoms with van der Waals surface area (Å²) < 4.78 is 123. The van der Waals surface area contributed by atoms with Gasteiger partial charge in [0, 0.05) is 107 Å². The molecular weight excluding hydrogens is 1850 g/mol. The fraction of sp³-hybridized carbons (Fsp3) is 0.224. The van der Waals surface area contributed by atoms with Crippen molar-refractivity contribution in [2.24, 2.45) is 0 Å². The topological polar surface area (TPSA) is 327 Å². The molecule has 0 radical (unpaired) electrons. The van der Waals surface area contributed by atoms with Crippen LogP contribution in [-0.4, -0.2) is 195 Å². The largest absolute Gasteiger partial charge is 0.531 e. The summed E-state index contributed by atoms with van der Waals surface area (Å²) in [7, 11) is 0.146. The number of carbonyl (C=O) groups is 7. The molecular formula is C98H78F3N10O22PS3. The molecule has 0 spiro atoms. The molecule has 39 heteroatoms. The molecule has 23 rings (SSSR count). The van der Waals surface area contributed by atoms with E-state index < -0.39 is 134 Å². The van der Waals surface area contributed by atoms with Gasteiger partial charge in [0.05, 0.1) is 77.5 Å². The maximum Gasteiger partial charge on any atom is 0.531 e. The summed E-state index contributed by atoms with van der Waals surface area (Å²) in [6, 6.07) is 52.5. The lowest BCUT2D eigenvalue weighted by atomic mass is 9.92. The van der Waals surface area contributed by atoms with Crippen molar-refractivity contribution < 1.29 is 103 Å². The number of aromatic nitrogens is 3. The van der Waals surface area contributed by atoms with E-state index in [-0.39, 0.29) is 86.3 Å². The Bertz CT molecular complexity index is 7400. The zero-order valence-corrected chi connectivity index (χ0v) is 76.3. The zero-order valence-electron chi connectivity index (χ0n) is 72.9. The minimum atomic E-state index is -4.98. The number of carbonyl (C=O) groups excluding carboxylic acids is 7. The van der Waals surface area contributed by atoms with Crippen molar-refractivity contribution in [3.8, 4) is 82.0 Å². The second-order valence-electron chi connectivity index (χ2n) is 33.0. The highest BCUT2D eigenvalue weighted by Crippen LogP contribution is 2.57. The predicted octanol–water partition coefficient (Wildman–Crippen LogP) is 13.9. The van der Waals surface area contributed by atoms with E-state index in [9.17, 15) is 65.7 Å². The highest BCUT2D eigenvalue weighted by Gasteiger charge is 2.53. The van der Waals surface area contributed by atoms with E-state index in [1.54, 1.807) is 103 Å². The normalized spacial score (nSPS) is 19.1. The first-order valence-electron chi connectivity index (χ1n) is 43.2. The Balaban J connectivity index is 0.000000123. The number of phosphoric ester groups is 1. The van der Waals surface area contributed by atoms with Crippen LogP contribution in [0.3, 0.4) is 0 Å². The second-order valence-corrected chi connectivity index (χ2v) is 37.3. The number of methoxy groups -OCH3 is 2. The summed E-state index contributed by atoms with van der Waals surface area (Å²) in [6.07, 6.45) is 0.642. The minimum Gasteiger partial charge on any atom is -0.467 e. The number of nitrogens with zero attached hydrogens (tertiary/aromatic N) is 10. The van der Waals surface area contributed by atoms with E-state index in [0.717, 1.165) is 107 Å². The lowest BCUT2D eigenvalue weighted by Gasteiger charge is -2.51. The van der Waals surface area contributed by atoms with Crippen LogP contribution in [0.15, 0.2) is 237 Å². The molecule has 0 saturated carbocycles. The standard InChI is InChI=1S/C35H24FN3O6S.C33H29FN3O11PS.C30H25FN4O5S/c36-19-9-10-21-26(17-19)23-12-16-46-32(23)22-6-2-1-5-20(22)29(21)39-28-18-43-15-14-37(28)33(41)30-31(27(40)11-13-38(30)39)44-35-25-8-4-3-7-24(25)34(42)45-35;1-43-27(39)17-46-49(42,47-18-28(40)44-2)48-31-25(38)9-11-36-30(31)33(41)35-12-13-45-16-26(35)37(36)29-20-5-3-4-6-22(20)32-23(10-14-50-32)24-15-19(34)7-8-21(24)29;1-32(2)30(38)40-27-23(36)9-11-34-26(27)29(37)33-12-13-39-16-24(33)35(34)25-18-5-3-4-6-20(18)28-21(10-14-41-28)22-15-17(31)7-8-19(22)25/h1-13,16-17,28-29,35H,14-15,18H2;3-11,14-15,26,29H,12-13,16-18H2,1-2H3;3-11,14-15,24-25H,12-13,16H2,1-2H3/t28-,29?,35?;26-,29?;24-,25?/m111/s1. The van der Waals surface area contributed by atoms with Crippen LogP contribution in [0.1, 0.15) is 105 Å². The Hall–Kier alpha value is -14.6. The molecule has 6 aromatic heterocycles. The van der Waals surface area contributed by atoms with Gasteiger partial charge in [0.1, 0.15) is 35.9 Å². The van der Waals surface area contributed by atoms with Crippen LogP contribution >= 0.6 is 41.8 Å². The third kappa shape index (κ3) is 15.4. The number of ether oxygens (including phenoxy) is 8. The van der Waals surface area contributed by atoms with E-state index in [0.29, 0.717) is 35.5 Å². The van der Waals surface area contributed by atoms with Crippen LogP contribution in [0.5, 0.6) is 17.2 Å². The number of hydrogen-bond donors (Lipinski definition) is 0. The van der Waals surface area contributed by atoms with Crippen molar-refractivity contribution in [2.75, 3.05) is 116 Å². The quantitative estimate of drug-likeness (QED) is 0.0554. The number of halogens is 3. The Morgan fingerprint density at radius 2 is 0.759 bits per heavy atom. The van der Waals surface area contributed by atoms with Gasteiger partial charge >= 0.3 is 31.8 Å². The van der Waals surface area contributed by atoms with Crippen molar-refractivity contribution in [1.82, 2.24) is 33.6 Å². The summed E-state index contributed by atoms with van der Waals surface area (Å²) in [5.41, 5.74) is 11.2. The lowest BCUT2D eigenvalue weighted by molar-refractivity contribution is -0.144. The molecule has 7 aliphatic heterocycles. The molecule has 4 unspecified atom stereocenters. The summed E-state index contributed by atoms with van der Waals surface area (Å²) >= 11 is 4.68. The first-order chi connectivity index (χ1) is 66.5. The molecule has 696 valence electrons. The highest BCUT2D eigenvalue weighted by atomic mass is 32.1. The molecule has 0 bridgehead atoms. The predicted molar refractivity (Wildman–Crippen MR) is 494 cm³/mol. The summed E-state index contributed by atoms with van der Waals surface area (Å²) in [6.45, 7) is 0.122. The molecule has 3 fully saturated rings. The molecule has 3 saturated heterocycles. The monoisotopic (exact) mass is 1930 g/mol. The van der Waals surface area contributed by atoms with Crippen LogP contribution in [0.4, 0.5) is 18.0 Å². The van der Waals surface area contributed by atoms with Gasteiger partial charge in [-0.05, 0) is 144 Å². The van der Waals surface area contributed by atoms with E-state index in [2.05, 4.69) is 15.5 Å². The van der Waals surface area contributed by atoms with E-state index in [4.69, 9.17) is 42.0 Å². The number of thiophene rings is 3. The number of amides is 4. The number of hydrogen-bond acceptors (Lipinski definition) is 28. The average Bonchev–Trinajstić information content (AvgIpc) is 1.65. The van der Waals surface area contributed by atoms with Crippen molar-refractivity contribution in [3.63, 3.8) is 0 Å².